The molecule has 4 nitrogen and oxygen atoms in total. The molecule has 2 rings (SSSR count). The molecule has 0 aliphatic carbocycles. The Morgan fingerprint density at radius 3 is 2.50 bits per heavy atom. The first-order valence-corrected chi connectivity index (χ1v) is 5.87. The molecule has 1 aromatic carbocycles. The van der Waals surface area contributed by atoms with E-state index in [0.29, 0.717) is 24.5 Å². The average Bonchev–Trinajstić information content (AvgIpc) is 2.41. The quantitative estimate of drug-likeness (QED) is 0.865. The van der Waals surface area contributed by atoms with E-state index < -0.39 is 23.4 Å². The second kappa shape index (κ2) is 5.85. The number of carbonyl (C=O) groups excluding carboxylic acids is 1. The summed E-state index contributed by atoms with van der Waals surface area (Å²) >= 11 is 0. The normalized spacial score (nSPS) is 14.6. The summed E-state index contributed by atoms with van der Waals surface area (Å²) in [5.41, 5.74) is -0.160. The number of allylic oxidation sites excluding steroid dienone is 1. The molecule has 20 heavy (non-hydrogen) atoms. The molecule has 1 aliphatic rings. The third-order valence-corrected chi connectivity index (χ3v) is 2.70. The SMILES string of the molecule is CC1=C(C(=O)NCc2cc(F)c(F)cc2F)OCCO1. The van der Waals surface area contributed by atoms with E-state index in [1.165, 1.54) is 0 Å². The van der Waals surface area contributed by atoms with Gasteiger partial charge in [0.25, 0.3) is 5.91 Å². The van der Waals surface area contributed by atoms with Crippen molar-refractivity contribution in [2.45, 2.75) is 13.5 Å². The van der Waals surface area contributed by atoms with Crippen molar-refractivity contribution in [2.24, 2.45) is 0 Å². The molecule has 0 saturated carbocycles. The maximum atomic E-state index is 13.4. The minimum atomic E-state index is -1.28. The Labute approximate surface area is 113 Å². The first-order chi connectivity index (χ1) is 9.49. The van der Waals surface area contributed by atoms with Gasteiger partial charge in [-0.25, -0.2) is 13.2 Å². The third-order valence-electron chi connectivity index (χ3n) is 2.70. The molecule has 0 bridgehead atoms. The summed E-state index contributed by atoms with van der Waals surface area (Å²) in [5, 5.41) is 2.36. The lowest BCUT2D eigenvalue weighted by atomic mass is 10.2. The molecular weight excluding hydrogens is 275 g/mol. The van der Waals surface area contributed by atoms with Crippen molar-refractivity contribution in [3.05, 3.63) is 46.7 Å². The Kier molecular flexibility index (Phi) is 4.16. The molecule has 0 radical (unpaired) electrons. The van der Waals surface area contributed by atoms with E-state index >= 15 is 0 Å². The van der Waals surface area contributed by atoms with E-state index in [2.05, 4.69) is 5.32 Å². The van der Waals surface area contributed by atoms with Gasteiger partial charge in [-0.2, -0.15) is 0 Å². The molecule has 108 valence electrons. The van der Waals surface area contributed by atoms with Crippen molar-refractivity contribution in [3.8, 4) is 0 Å². The van der Waals surface area contributed by atoms with Crippen LogP contribution < -0.4 is 5.32 Å². The van der Waals surface area contributed by atoms with Gasteiger partial charge in [0.05, 0.1) is 0 Å². The van der Waals surface area contributed by atoms with Crippen molar-refractivity contribution >= 4 is 5.91 Å². The van der Waals surface area contributed by atoms with Crippen LogP contribution in [0.2, 0.25) is 0 Å². The molecule has 7 heteroatoms. The van der Waals surface area contributed by atoms with Crippen LogP contribution in [-0.4, -0.2) is 19.1 Å². The van der Waals surface area contributed by atoms with Crippen LogP contribution in [0, 0.1) is 17.5 Å². The van der Waals surface area contributed by atoms with Crippen LogP contribution in [0.4, 0.5) is 13.2 Å². The largest absolute Gasteiger partial charge is 0.491 e. The highest BCUT2D eigenvalue weighted by Gasteiger charge is 2.20. The van der Waals surface area contributed by atoms with Crippen molar-refractivity contribution < 1.29 is 27.4 Å². The Bertz CT molecular complexity index is 572. The highest BCUT2D eigenvalue weighted by atomic mass is 19.2. The summed E-state index contributed by atoms with van der Waals surface area (Å²) in [6, 6.07) is 1.13. The standard InChI is InChI=1S/C13H12F3NO3/c1-7-12(20-3-2-19-7)13(18)17-6-8-4-10(15)11(16)5-9(8)14/h4-5H,2-3,6H2,1H3,(H,17,18). The zero-order valence-corrected chi connectivity index (χ0v) is 10.6. The summed E-state index contributed by atoms with van der Waals surface area (Å²) in [6.45, 7) is 1.86. The smallest absolute Gasteiger partial charge is 0.290 e. The molecular formula is C13H12F3NO3. The lowest BCUT2D eigenvalue weighted by molar-refractivity contribution is -0.122. The van der Waals surface area contributed by atoms with Gasteiger partial charge in [-0.05, 0) is 13.0 Å². The van der Waals surface area contributed by atoms with Crippen LogP contribution in [0.15, 0.2) is 23.7 Å². The van der Waals surface area contributed by atoms with Crippen LogP contribution in [-0.2, 0) is 20.8 Å². The summed E-state index contributed by atoms with van der Waals surface area (Å²) in [4.78, 5) is 11.8. The van der Waals surface area contributed by atoms with Crippen LogP contribution in [0.1, 0.15) is 12.5 Å². The molecule has 0 spiro atoms. The number of hydrogen-bond donors (Lipinski definition) is 1. The molecule has 0 unspecified atom stereocenters. The van der Waals surface area contributed by atoms with E-state index in [9.17, 15) is 18.0 Å². The number of hydrogen-bond acceptors (Lipinski definition) is 3. The lowest BCUT2D eigenvalue weighted by Crippen LogP contribution is -2.29. The number of amides is 1. The van der Waals surface area contributed by atoms with Crippen LogP contribution in [0.5, 0.6) is 0 Å². The maximum Gasteiger partial charge on any atom is 0.290 e. The van der Waals surface area contributed by atoms with Gasteiger partial charge in [0.1, 0.15) is 24.8 Å². The fraction of sp³-hybridized carbons (Fsp3) is 0.308. The van der Waals surface area contributed by atoms with Gasteiger partial charge in [-0.3, -0.25) is 4.79 Å². The minimum Gasteiger partial charge on any atom is -0.491 e. The number of halogens is 3. The summed E-state index contributed by atoms with van der Waals surface area (Å²) in [7, 11) is 0. The second-order valence-electron chi connectivity index (χ2n) is 4.12. The van der Waals surface area contributed by atoms with Gasteiger partial charge in [-0.1, -0.05) is 0 Å². The molecule has 1 amide bonds. The van der Waals surface area contributed by atoms with Gasteiger partial charge in [0.2, 0.25) is 5.76 Å². The van der Waals surface area contributed by atoms with Crippen molar-refractivity contribution in [1.82, 2.24) is 5.32 Å². The van der Waals surface area contributed by atoms with Crippen LogP contribution in [0.25, 0.3) is 0 Å². The van der Waals surface area contributed by atoms with Crippen molar-refractivity contribution in [3.63, 3.8) is 0 Å². The molecule has 0 saturated heterocycles. The van der Waals surface area contributed by atoms with Gasteiger partial charge in [0, 0.05) is 18.2 Å². The summed E-state index contributed by atoms with van der Waals surface area (Å²) in [5.74, 6) is -3.68. The summed E-state index contributed by atoms with van der Waals surface area (Å²) < 4.78 is 49.4. The third kappa shape index (κ3) is 3.04. The second-order valence-corrected chi connectivity index (χ2v) is 4.12. The summed E-state index contributed by atoms with van der Waals surface area (Å²) in [6.07, 6.45) is 0. The molecule has 1 N–H and O–H groups in total. The number of rotatable bonds is 3. The number of carbonyl (C=O) groups is 1. The highest BCUT2D eigenvalue weighted by molar-refractivity contribution is 5.91. The molecule has 0 atom stereocenters. The van der Waals surface area contributed by atoms with Gasteiger partial charge in [-0.15, -0.1) is 0 Å². The predicted molar refractivity (Wildman–Crippen MR) is 62.8 cm³/mol. The maximum absolute atomic E-state index is 13.4. The van der Waals surface area contributed by atoms with Gasteiger partial charge in [0.15, 0.2) is 11.6 Å². The molecule has 1 aromatic rings. The Morgan fingerprint density at radius 2 is 1.80 bits per heavy atom. The van der Waals surface area contributed by atoms with Crippen molar-refractivity contribution in [2.75, 3.05) is 13.2 Å². The van der Waals surface area contributed by atoms with E-state index in [1.54, 1.807) is 6.92 Å². The van der Waals surface area contributed by atoms with Crippen LogP contribution in [0.3, 0.4) is 0 Å². The molecule has 1 heterocycles. The minimum absolute atomic E-state index is 0.000702. The number of ether oxygens (including phenoxy) is 2. The Morgan fingerprint density at radius 1 is 1.15 bits per heavy atom. The van der Waals surface area contributed by atoms with Gasteiger partial charge < -0.3 is 14.8 Å². The fourth-order valence-corrected chi connectivity index (χ4v) is 1.69. The lowest BCUT2D eigenvalue weighted by Gasteiger charge is -2.19. The predicted octanol–water partition coefficient (Wildman–Crippen LogP) is 2.00. The van der Waals surface area contributed by atoms with E-state index in [1.807, 2.05) is 0 Å². The zero-order chi connectivity index (χ0) is 14.7. The monoisotopic (exact) mass is 287 g/mol. The topological polar surface area (TPSA) is 47.6 Å². The van der Waals surface area contributed by atoms with E-state index in [4.69, 9.17) is 9.47 Å². The Balaban J connectivity index is 2.05. The van der Waals surface area contributed by atoms with E-state index in [0.717, 1.165) is 0 Å². The first kappa shape index (κ1) is 14.2. The number of benzene rings is 1. The highest BCUT2D eigenvalue weighted by Crippen LogP contribution is 2.15. The van der Waals surface area contributed by atoms with Crippen LogP contribution >= 0.6 is 0 Å². The first-order valence-electron chi connectivity index (χ1n) is 5.87. The fourth-order valence-electron chi connectivity index (χ4n) is 1.69. The number of nitrogens with one attached hydrogen (secondary N) is 1. The average molecular weight is 287 g/mol. The van der Waals surface area contributed by atoms with Gasteiger partial charge >= 0.3 is 0 Å². The molecule has 0 aromatic heterocycles. The Hall–Kier alpha value is -2.18. The van der Waals surface area contributed by atoms with Crippen molar-refractivity contribution in [1.29, 1.82) is 0 Å². The molecule has 1 aliphatic heterocycles. The zero-order valence-electron chi connectivity index (χ0n) is 10.6. The van der Waals surface area contributed by atoms with E-state index in [-0.39, 0.29) is 24.5 Å². The molecule has 0 fully saturated rings.